The quantitative estimate of drug-likeness (QED) is 0.110. The highest BCUT2D eigenvalue weighted by Gasteiger charge is 2.12. The molecule has 0 spiro atoms. The van der Waals surface area contributed by atoms with E-state index in [-0.39, 0.29) is 11.7 Å². The topological polar surface area (TPSA) is 72.8 Å². The average molecular weight is 637 g/mol. The summed E-state index contributed by atoms with van der Waals surface area (Å²) in [5.74, 6) is 1.03. The number of amides is 1. The van der Waals surface area contributed by atoms with Crippen molar-refractivity contribution in [1.29, 1.82) is 0 Å². The van der Waals surface area contributed by atoms with Crippen LogP contribution in [0.4, 0.5) is 0 Å². The summed E-state index contributed by atoms with van der Waals surface area (Å²) in [5, 5.41) is 7.34. The van der Waals surface area contributed by atoms with E-state index in [4.69, 9.17) is 32.7 Å². The number of hydrogen-bond acceptors (Lipinski definition) is 7. The molecule has 1 aromatic heterocycles. The van der Waals surface area contributed by atoms with Crippen LogP contribution in [0.25, 0.3) is 11.3 Å². The van der Waals surface area contributed by atoms with E-state index < -0.39 is 0 Å². The molecule has 0 radical (unpaired) electrons. The molecular formula is C26H20BrCl2N3O3S2. The molecule has 0 unspecified atom stereocenters. The van der Waals surface area contributed by atoms with Gasteiger partial charge in [0.15, 0.2) is 15.8 Å². The minimum absolute atomic E-state index is 0.189. The molecule has 4 rings (SSSR count). The number of hydrogen-bond donors (Lipinski definition) is 1. The zero-order valence-corrected chi connectivity index (χ0v) is 24.1. The van der Waals surface area contributed by atoms with Crippen LogP contribution < -0.4 is 14.9 Å². The SMILES string of the molecule is COc1cc(/C=N/NC(=O)CSc2nc(-c3ccc(Cl)cc3)cs2)cc(Br)c1OCc1cccc(Cl)c1. The predicted molar refractivity (Wildman–Crippen MR) is 155 cm³/mol. The zero-order chi connectivity index (χ0) is 26.2. The third kappa shape index (κ3) is 7.96. The maximum absolute atomic E-state index is 12.3. The Morgan fingerprint density at radius 3 is 2.73 bits per heavy atom. The number of hydrazone groups is 1. The first-order valence-corrected chi connectivity index (χ1v) is 14.2. The van der Waals surface area contributed by atoms with Crippen molar-refractivity contribution < 1.29 is 14.3 Å². The summed E-state index contributed by atoms with van der Waals surface area (Å²) in [6.07, 6.45) is 1.54. The summed E-state index contributed by atoms with van der Waals surface area (Å²) in [6.45, 7) is 0.330. The molecule has 0 aliphatic heterocycles. The van der Waals surface area contributed by atoms with Crippen LogP contribution >= 0.6 is 62.2 Å². The van der Waals surface area contributed by atoms with E-state index in [0.717, 1.165) is 26.7 Å². The number of rotatable bonds is 10. The molecule has 6 nitrogen and oxygen atoms in total. The minimum atomic E-state index is -0.239. The van der Waals surface area contributed by atoms with Gasteiger partial charge in [0.05, 0.1) is 29.2 Å². The molecule has 1 heterocycles. The molecule has 190 valence electrons. The monoisotopic (exact) mass is 635 g/mol. The minimum Gasteiger partial charge on any atom is -0.493 e. The Morgan fingerprint density at radius 2 is 1.97 bits per heavy atom. The van der Waals surface area contributed by atoms with E-state index in [9.17, 15) is 4.79 Å². The lowest BCUT2D eigenvalue weighted by atomic mass is 10.2. The van der Waals surface area contributed by atoms with Gasteiger partial charge in [0, 0.05) is 21.0 Å². The number of carbonyl (C=O) groups excluding carboxylic acids is 1. The highest BCUT2D eigenvalue weighted by atomic mass is 79.9. The number of benzene rings is 3. The van der Waals surface area contributed by atoms with E-state index in [1.807, 2.05) is 60.0 Å². The number of halogens is 3. The summed E-state index contributed by atoms with van der Waals surface area (Å²) in [6, 6.07) is 18.5. The maximum atomic E-state index is 12.3. The fraction of sp³-hybridized carbons (Fsp3) is 0.115. The Morgan fingerprint density at radius 1 is 1.16 bits per heavy atom. The lowest BCUT2D eigenvalue weighted by Gasteiger charge is -2.13. The molecule has 0 saturated carbocycles. The van der Waals surface area contributed by atoms with Crippen molar-refractivity contribution in [2.24, 2.45) is 5.10 Å². The van der Waals surface area contributed by atoms with Gasteiger partial charge in [-0.05, 0) is 63.5 Å². The van der Waals surface area contributed by atoms with Crippen molar-refractivity contribution in [3.63, 3.8) is 0 Å². The Bertz CT molecular complexity index is 1410. The van der Waals surface area contributed by atoms with Gasteiger partial charge in [-0.3, -0.25) is 4.79 Å². The third-order valence-corrected chi connectivity index (χ3v) is 7.97. The fourth-order valence-electron chi connectivity index (χ4n) is 3.15. The molecule has 4 aromatic rings. The number of aromatic nitrogens is 1. The fourth-order valence-corrected chi connectivity index (χ4v) is 5.69. The Balaban J connectivity index is 1.30. The van der Waals surface area contributed by atoms with Gasteiger partial charge in [-0.1, -0.05) is 59.2 Å². The van der Waals surface area contributed by atoms with E-state index in [2.05, 4.69) is 31.4 Å². The number of thiazole rings is 1. The number of thioether (sulfide) groups is 1. The van der Waals surface area contributed by atoms with Gasteiger partial charge in [0.1, 0.15) is 6.61 Å². The van der Waals surface area contributed by atoms with Crippen molar-refractivity contribution in [3.8, 4) is 22.8 Å². The Hall–Kier alpha value is -2.56. The highest BCUT2D eigenvalue weighted by molar-refractivity contribution is 9.10. The number of methoxy groups -OCH3 is 1. The number of nitrogens with one attached hydrogen (secondary N) is 1. The lowest BCUT2D eigenvalue weighted by Crippen LogP contribution is -2.19. The molecule has 0 aliphatic rings. The van der Waals surface area contributed by atoms with Crippen molar-refractivity contribution in [2.45, 2.75) is 10.9 Å². The lowest BCUT2D eigenvalue weighted by molar-refractivity contribution is -0.118. The zero-order valence-electron chi connectivity index (χ0n) is 19.4. The summed E-state index contributed by atoms with van der Waals surface area (Å²) in [5.41, 5.74) is 6.02. The maximum Gasteiger partial charge on any atom is 0.250 e. The molecule has 0 saturated heterocycles. The number of carbonyl (C=O) groups is 1. The standard InChI is InChI=1S/C26H20BrCl2N3O3S2/c1-34-23-11-17(10-21(27)25(23)35-13-16-3-2-4-20(29)9-16)12-30-32-24(33)15-37-26-31-22(14-36-26)18-5-7-19(28)8-6-18/h2-12,14H,13,15H2,1H3,(H,32,33)/b30-12+. The molecule has 0 fully saturated rings. The average Bonchev–Trinajstić information content (AvgIpc) is 3.36. The van der Waals surface area contributed by atoms with Gasteiger partial charge < -0.3 is 9.47 Å². The van der Waals surface area contributed by atoms with Crippen LogP contribution in [0.3, 0.4) is 0 Å². The summed E-state index contributed by atoms with van der Waals surface area (Å²) < 4.78 is 12.9. The van der Waals surface area contributed by atoms with Crippen LogP contribution in [0.2, 0.25) is 10.0 Å². The van der Waals surface area contributed by atoms with Crippen LogP contribution in [-0.2, 0) is 11.4 Å². The van der Waals surface area contributed by atoms with Crippen LogP contribution in [0.5, 0.6) is 11.5 Å². The first-order chi connectivity index (χ1) is 17.9. The van der Waals surface area contributed by atoms with E-state index >= 15 is 0 Å². The molecule has 1 amide bonds. The predicted octanol–water partition coefficient (Wildman–Crippen LogP) is 7.71. The first kappa shape index (κ1) is 27.5. The smallest absolute Gasteiger partial charge is 0.250 e. The molecule has 0 aliphatic carbocycles. The van der Waals surface area contributed by atoms with Crippen molar-refractivity contribution in [1.82, 2.24) is 10.4 Å². The largest absolute Gasteiger partial charge is 0.493 e. The van der Waals surface area contributed by atoms with Crippen molar-refractivity contribution >= 4 is 74.4 Å². The first-order valence-electron chi connectivity index (χ1n) is 10.8. The van der Waals surface area contributed by atoms with Crippen LogP contribution in [0.15, 0.2) is 80.0 Å². The molecule has 3 aromatic carbocycles. The second kappa shape index (κ2) is 13.3. The third-order valence-electron chi connectivity index (χ3n) is 4.88. The second-order valence-electron chi connectivity index (χ2n) is 7.54. The van der Waals surface area contributed by atoms with Gasteiger partial charge in [0.2, 0.25) is 0 Å². The Labute approximate surface area is 241 Å². The van der Waals surface area contributed by atoms with Crippen molar-refractivity contribution in [2.75, 3.05) is 12.9 Å². The Kier molecular flexibility index (Phi) is 9.88. The highest BCUT2D eigenvalue weighted by Crippen LogP contribution is 2.37. The van der Waals surface area contributed by atoms with E-state index in [0.29, 0.717) is 32.6 Å². The number of nitrogens with zero attached hydrogens (tertiary/aromatic N) is 2. The molecule has 37 heavy (non-hydrogen) atoms. The number of ether oxygens (including phenoxy) is 2. The van der Waals surface area contributed by atoms with Crippen LogP contribution in [0, 0.1) is 0 Å². The normalized spacial score (nSPS) is 11.0. The summed E-state index contributed by atoms with van der Waals surface area (Å²) >= 11 is 18.3. The van der Waals surface area contributed by atoms with Gasteiger partial charge in [-0.2, -0.15) is 5.10 Å². The molecule has 0 bridgehead atoms. The van der Waals surface area contributed by atoms with Crippen molar-refractivity contribution in [3.05, 3.63) is 91.7 Å². The molecule has 11 heteroatoms. The van der Waals surface area contributed by atoms with Gasteiger partial charge >= 0.3 is 0 Å². The molecule has 1 N–H and O–H groups in total. The van der Waals surface area contributed by atoms with Crippen LogP contribution in [-0.4, -0.2) is 30.0 Å². The summed E-state index contributed by atoms with van der Waals surface area (Å²) in [7, 11) is 1.56. The van der Waals surface area contributed by atoms with Gasteiger partial charge in [-0.25, -0.2) is 10.4 Å². The molecule has 0 atom stereocenters. The molecular weight excluding hydrogens is 617 g/mol. The van der Waals surface area contributed by atoms with Gasteiger partial charge in [-0.15, -0.1) is 11.3 Å². The van der Waals surface area contributed by atoms with Gasteiger partial charge in [0.25, 0.3) is 5.91 Å². The second-order valence-corrected chi connectivity index (χ2v) is 11.3. The van der Waals surface area contributed by atoms with E-state index in [1.54, 1.807) is 19.4 Å². The van der Waals surface area contributed by atoms with E-state index in [1.165, 1.54) is 23.1 Å². The van der Waals surface area contributed by atoms with Crippen LogP contribution in [0.1, 0.15) is 11.1 Å². The summed E-state index contributed by atoms with van der Waals surface area (Å²) in [4.78, 5) is 16.8.